The van der Waals surface area contributed by atoms with Gasteiger partial charge in [0.05, 0.1) is 17.1 Å². The lowest BCUT2D eigenvalue weighted by molar-refractivity contribution is 0.392. The van der Waals surface area contributed by atoms with Crippen molar-refractivity contribution in [2.45, 2.75) is 19.4 Å². The summed E-state index contributed by atoms with van der Waals surface area (Å²) in [5.41, 5.74) is 3.20. The molecule has 1 aliphatic heterocycles. The molecule has 90 valence electrons. The number of para-hydroxylation sites is 1. The Morgan fingerprint density at radius 2 is 2.24 bits per heavy atom. The Kier molecular flexibility index (Phi) is 2.33. The summed E-state index contributed by atoms with van der Waals surface area (Å²) in [6.45, 7) is 4.08. The molecule has 1 N–H and O–H groups in total. The van der Waals surface area contributed by atoms with Gasteiger partial charge in [-0.3, -0.25) is 4.57 Å². The van der Waals surface area contributed by atoms with Crippen LogP contribution in [0.2, 0.25) is 0 Å². The lowest BCUT2D eigenvalue weighted by Gasteiger charge is -2.13. The summed E-state index contributed by atoms with van der Waals surface area (Å²) in [6, 6.07) is 6.32. The van der Waals surface area contributed by atoms with Gasteiger partial charge in [0.2, 0.25) is 0 Å². The highest BCUT2D eigenvalue weighted by molar-refractivity contribution is 5.78. The number of likely N-dealkylation sites (tertiary alicyclic amines) is 1. The van der Waals surface area contributed by atoms with Gasteiger partial charge < -0.3 is 9.88 Å². The number of nitrogens with zero attached hydrogens (tertiary/aromatic N) is 2. The molecule has 0 amide bonds. The highest BCUT2D eigenvalue weighted by Gasteiger charge is 2.24. The first-order valence-electron chi connectivity index (χ1n) is 6.05. The number of likely N-dealkylation sites (N-methyl/N-ethyl adjacent to an activating group) is 1. The summed E-state index contributed by atoms with van der Waals surface area (Å²) >= 11 is 0. The van der Waals surface area contributed by atoms with E-state index < -0.39 is 0 Å². The summed E-state index contributed by atoms with van der Waals surface area (Å²) in [5.74, 6) is 0. The van der Waals surface area contributed by atoms with Crippen LogP contribution in [0.25, 0.3) is 11.0 Å². The Labute approximate surface area is 99.9 Å². The fourth-order valence-electron chi connectivity index (χ4n) is 2.83. The molecule has 2 aromatic rings. The van der Waals surface area contributed by atoms with Crippen molar-refractivity contribution in [1.82, 2.24) is 14.5 Å². The van der Waals surface area contributed by atoms with Crippen LogP contribution in [0.15, 0.2) is 23.0 Å². The zero-order chi connectivity index (χ0) is 12.0. The van der Waals surface area contributed by atoms with Crippen molar-refractivity contribution in [3.8, 4) is 0 Å². The average Bonchev–Trinajstić information content (AvgIpc) is 2.82. The minimum atomic E-state index is 0.0228. The fourth-order valence-corrected chi connectivity index (χ4v) is 2.83. The number of rotatable bonds is 1. The standard InChI is InChI=1S/C13H17N3O/c1-9-4-3-5-11-12(9)16(13(17)14-11)10-6-7-15(2)8-10/h3-5,10H,6-8H2,1-2H3,(H,14,17). The smallest absolute Gasteiger partial charge is 0.306 e. The van der Waals surface area contributed by atoms with Crippen LogP contribution in [0.4, 0.5) is 0 Å². The third-order valence-corrected chi connectivity index (χ3v) is 3.67. The second-order valence-corrected chi connectivity index (χ2v) is 4.98. The first-order chi connectivity index (χ1) is 8.16. The van der Waals surface area contributed by atoms with E-state index in [1.165, 1.54) is 0 Å². The third-order valence-electron chi connectivity index (χ3n) is 3.67. The van der Waals surface area contributed by atoms with Gasteiger partial charge in [-0.15, -0.1) is 0 Å². The maximum absolute atomic E-state index is 12.1. The maximum Gasteiger partial charge on any atom is 0.326 e. The number of benzene rings is 1. The Balaban J connectivity index is 2.21. The zero-order valence-corrected chi connectivity index (χ0v) is 10.2. The summed E-state index contributed by atoms with van der Waals surface area (Å²) < 4.78 is 1.94. The quantitative estimate of drug-likeness (QED) is 0.808. The number of fused-ring (bicyclic) bond motifs is 1. The first kappa shape index (κ1) is 10.6. The van der Waals surface area contributed by atoms with E-state index in [9.17, 15) is 4.79 Å². The summed E-state index contributed by atoms with van der Waals surface area (Å²) in [7, 11) is 2.10. The van der Waals surface area contributed by atoms with Crippen LogP contribution in [0, 0.1) is 6.92 Å². The van der Waals surface area contributed by atoms with Crippen molar-refractivity contribution in [2.75, 3.05) is 20.1 Å². The summed E-state index contributed by atoms with van der Waals surface area (Å²) in [6.07, 6.45) is 1.05. The summed E-state index contributed by atoms with van der Waals surface area (Å²) in [4.78, 5) is 17.3. The van der Waals surface area contributed by atoms with Crippen LogP contribution in [-0.2, 0) is 0 Å². The highest BCUT2D eigenvalue weighted by atomic mass is 16.1. The molecule has 1 aliphatic rings. The Hall–Kier alpha value is -1.55. The van der Waals surface area contributed by atoms with E-state index in [4.69, 9.17) is 0 Å². The largest absolute Gasteiger partial charge is 0.326 e. The van der Waals surface area contributed by atoms with Crippen LogP contribution >= 0.6 is 0 Å². The molecule has 2 heterocycles. The summed E-state index contributed by atoms with van der Waals surface area (Å²) in [5, 5.41) is 0. The minimum Gasteiger partial charge on any atom is -0.306 e. The van der Waals surface area contributed by atoms with E-state index in [-0.39, 0.29) is 5.69 Å². The minimum absolute atomic E-state index is 0.0228. The molecule has 0 saturated carbocycles. The van der Waals surface area contributed by atoms with Crippen LogP contribution < -0.4 is 5.69 Å². The molecule has 4 heteroatoms. The van der Waals surface area contributed by atoms with Crippen molar-refractivity contribution >= 4 is 11.0 Å². The van der Waals surface area contributed by atoms with E-state index >= 15 is 0 Å². The van der Waals surface area contributed by atoms with E-state index in [1.807, 2.05) is 16.7 Å². The van der Waals surface area contributed by atoms with E-state index in [0.717, 1.165) is 36.1 Å². The predicted octanol–water partition coefficient (Wildman–Crippen LogP) is 1.51. The van der Waals surface area contributed by atoms with Gasteiger partial charge in [-0.25, -0.2) is 4.79 Å². The van der Waals surface area contributed by atoms with Crippen molar-refractivity contribution in [3.05, 3.63) is 34.2 Å². The molecule has 1 atom stereocenters. The zero-order valence-electron chi connectivity index (χ0n) is 10.2. The molecule has 1 aromatic heterocycles. The maximum atomic E-state index is 12.1. The Morgan fingerprint density at radius 1 is 1.41 bits per heavy atom. The number of H-pyrrole nitrogens is 1. The van der Waals surface area contributed by atoms with Gasteiger partial charge in [-0.05, 0) is 38.6 Å². The van der Waals surface area contributed by atoms with Gasteiger partial charge in [-0.1, -0.05) is 12.1 Å². The number of aromatic nitrogens is 2. The average molecular weight is 231 g/mol. The number of aryl methyl sites for hydroxylation is 1. The number of hydrogen-bond donors (Lipinski definition) is 1. The first-order valence-corrected chi connectivity index (χ1v) is 6.05. The molecular weight excluding hydrogens is 214 g/mol. The van der Waals surface area contributed by atoms with Crippen LogP contribution in [0.1, 0.15) is 18.0 Å². The highest BCUT2D eigenvalue weighted by Crippen LogP contribution is 2.24. The van der Waals surface area contributed by atoms with Crippen molar-refractivity contribution in [1.29, 1.82) is 0 Å². The fraction of sp³-hybridized carbons (Fsp3) is 0.462. The van der Waals surface area contributed by atoms with E-state index in [2.05, 4.69) is 29.9 Å². The second kappa shape index (κ2) is 3.74. The lowest BCUT2D eigenvalue weighted by Crippen LogP contribution is -2.24. The monoisotopic (exact) mass is 231 g/mol. The molecule has 17 heavy (non-hydrogen) atoms. The normalized spacial score (nSPS) is 21.4. The second-order valence-electron chi connectivity index (χ2n) is 4.98. The molecule has 0 bridgehead atoms. The van der Waals surface area contributed by atoms with E-state index in [0.29, 0.717) is 6.04 Å². The van der Waals surface area contributed by atoms with Crippen LogP contribution in [-0.4, -0.2) is 34.6 Å². The molecular formula is C13H17N3O. The van der Waals surface area contributed by atoms with Crippen LogP contribution in [0.5, 0.6) is 0 Å². The molecule has 1 unspecified atom stereocenters. The number of hydrogen-bond acceptors (Lipinski definition) is 2. The van der Waals surface area contributed by atoms with Gasteiger partial charge in [0, 0.05) is 6.54 Å². The van der Waals surface area contributed by atoms with Gasteiger partial charge in [-0.2, -0.15) is 0 Å². The van der Waals surface area contributed by atoms with Crippen molar-refractivity contribution in [3.63, 3.8) is 0 Å². The molecule has 0 spiro atoms. The predicted molar refractivity (Wildman–Crippen MR) is 68.4 cm³/mol. The molecule has 1 aromatic carbocycles. The number of aromatic amines is 1. The topological polar surface area (TPSA) is 41.0 Å². The van der Waals surface area contributed by atoms with Gasteiger partial charge in [0.25, 0.3) is 0 Å². The molecule has 3 rings (SSSR count). The molecule has 1 fully saturated rings. The van der Waals surface area contributed by atoms with Crippen molar-refractivity contribution < 1.29 is 0 Å². The SMILES string of the molecule is Cc1cccc2[nH]c(=O)n(C3CCN(C)C3)c12. The Morgan fingerprint density at radius 3 is 2.94 bits per heavy atom. The van der Waals surface area contributed by atoms with E-state index in [1.54, 1.807) is 0 Å². The molecule has 0 radical (unpaired) electrons. The molecule has 1 saturated heterocycles. The molecule has 4 nitrogen and oxygen atoms in total. The van der Waals surface area contributed by atoms with Gasteiger partial charge in [0.15, 0.2) is 0 Å². The number of nitrogens with one attached hydrogen (secondary N) is 1. The number of imidazole rings is 1. The van der Waals surface area contributed by atoms with Gasteiger partial charge >= 0.3 is 5.69 Å². The molecule has 0 aliphatic carbocycles. The van der Waals surface area contributed by atoms with Crippen LogP contribution in [0.3, 0.4) is 0 Å². The third kappa shape index (κ3) is 1.60. The Bertz CT molecular complexity index is 611. The van der Waals surface area contributed by atoms with Crippen molar-refractivity contribution in [2.24, 2.45) is 0 Å². The lowest BCUT2D eigenvalue weighted by atomic mass is 10.2. The van der Waals surface area contributed by atoms with Gasteiger partial charge in [0.1, 0.15) is 0 Å².